The summed E-state index contributed by atoms with van der Waals surface area (Å²) >= 11 is 0. The third kappa shape index (κ3) is 2.79. The molecule has 2 unspecified atom stereocenters. The lowest BCUT2D eigenvalue weighted by molar-refractivity contribution is -0.146. The van der Waals surface area contributed by atoms with E-state index in [1.165, 1.54) is 25.2 Å². The number of rotatable bonds is 5. The summed E-state index contributed by atoms with van der Waals surface area (Å²) < 4.78 is 0. The number of nitrogens with one attached hydrogen (secondary N) is 1. The van der Waals surface area contributed by atoms with Crippen molar-refractivity contribution in [3.8, 4) is 0 Å². The highest BCUT2D eigenvalue weighted by atomic mass is 16.4. The van der Waals surface area contributed by atoms with Gasteiger partial charge in [-0.1, -0.05) is 32.1 Å². The predicted molar refractivity (Wildman–Crippen MR) is 67.2 cm³/mol. The Hall–Kier alpha value is -1.62. The minimum absolute atomic E-state index is 0.0862. The fraction of sp³-hybridized carbons (Fsp3) is 0.538. The van der Waals surface area contributed by atoms with E-state index in [9.17, 15) is 14.7 Å². The number of carbonyl (C=O) groups is 2. The van der Waals surface area contributed by atoms with Gasteiger partial charge in [-0.25, -0.2) is 4.79 Å². The summed E-state index contributed by atoms with van der Waals surface area (Å²) in [5.41, 5.74) is -1.15. The molecular weight excluding hydrogens is 234 g/mol. The third-order valence-electron chi connectivity index (χ3n) is 3.07. The minimum atomic E-state index is -1.24. The quantitative estimate of drug-likeness (QED) is 0.687. The monoisotopic (exact) mass is 253 g/mol. The van der Waals surface area contributed by atoms with Gasteiger partial charge in [0.2, 0.25) is 0 Å². The summed E-state index contributed by atoms with van der Waals surface area (Å²) in [5, 5.41) is 21.5. The number of carboxylic acids is 2. The van der Waals surface area contributed by atoms with Crippen molar-refractivity contribution in [1.29, 1.82) is 0 Å². The molecule has 1 rings (SSSR count). The number of carboxylic acid groups (broad SMARTS) is 2. The largest absolute Gasteiger partial charge is 0.481 e. The molecule has 0 saturated heterocycles. The molecular formula is C13H19NO4. The SMILES string of the molecule is CC(C)CNC1C(C(=O)O)=CC=CC1(C)C(=O)O. The van der Waals surface area contributed by atoms with Crippen molar-refractivity contribution in [2.45, 2.75) is 26.8 Å². The van der Waals surface area contributed by atoms with Gasteiger partial charge in [-0.3, -0.25) is 4.79 Å². The second kappa shape index (κ2) is 5.35. The first-order valence-electron chi connectivity index (χ1n) is 5.88. The fourth-order valence-electron chi connectivity index (χ4n) is 1.93. The standard InChI is InChI=1S/C13H19NO4/c1-8(2)7-14-10-9(11(15)16)5-4-6-13(10,3)12(17)18/h4-6,8,10,14H,7H2,1-3H3,(H,15,16)(H,17,18). The Labute approximate surface area is 106 Å². The van der Waals surface area contributed by atoms with Gasteiger partial charge < -0.3 is 15.5 Å². The third-order valence-corrected chi connectivity index (χ3v) is 3.07. The van der Waals surface area contributed by atoms with Crippen LogP contribution in [0.2, 0.25) is 0 Å². The summed E-state index contributed by atoms with van der Waals surface area (Å²) in [6, 6.07) is -0.722. The molecule has 0 aromatic carbocycles. The van der Waals surface area contributed by atoms with Crippen molar-refractivity contribution in [2.75, 3.05) is 6.54 Å². The topological polar surface area (TPSA) is 86.6 Å². The van der Waals surface area contributed by atoms with Gasteiger partial charge in [-0.15, -0.1) is 0 Å². The van der Waals surface area contributed by atoms with Gasteiger partial charge >= 0.3 is 11.9 Å². The zero-order valence-corrected chi connectivity index (χ0v) is 10.8. The van der Waals surface area contributed by atoms with Crippen LogP contribution in [0, 0.1) is 11.3 Å². The van der Waals surface area contributed by atoms with Crippen LogP contribution in [-0.2, 0) is 9.59 Å². The zero-order valence-electron chi connectivity index (χ0n) is 10.8. The molecule has 0 heterocycles. The lowest BCUT2D eigenvalue weighted by Gasteiger charge is -2.35. The summed E-state index contributed by atoms with van der Waals surface area (Å²) in [7, 11) is 0. The number of hydrogen-bond donors (Lipinski definition) is 3. The van der Waals surface area contributed by atoms with Gasteiger partial charge in [0.1, 0.15) is 5.41 Å². The zero-order chi connectivity index (χ0) is 13.9. The normalized spacial score (nSPS) is 27.1. The Kier molecular flexibility index (Phi) is 4.29. The van der Waals surface area contributed by atoms with Crippen molar-refractivity contribution in [3.05, 3.63) is 23.8 Å². The smallest absolute Gasteiger partial charge is 0.333 e. The summed E-state index contributed by atoms with van der Waals surface area (Å²) in [6.45, 7) is 6.05. The van der Waals surface area contributed by atoms with Crippen molar-refractivity contribution >= 4 is 11.9 Å². The summed E-state index contributed by atoms with van der Waals surface area (Å²) in [6.07, 6.45) is 4.47. The van der Waals surface area contributed by atoms with Crippen LogP contribution < -0.4 is 5.32 Å². The molecule has 0 fully saturated rings. The minimum Gasteiger partial charge on any atom is -0.481 e. The van der Waals surface area contributed by atoms with E-state index in [-0.39, 0.29) is 5.57 Å². The van der Waals surface area contributed by atoms with Crippen LogP contribution in [0.3, 0.4) is 0 Å². The van der Waals surface area contributed by atoms with Crippen LogP contribution in [0.5, 0.6) is 0 Å². The number of hydrogen-bond acceptors (Lipinski definition) is 3. The predicted octanol–water partition coefficient (Wildman–Crippen LogP) is 1.27. The van der Waals surface area contributed by atoms with Crippen molar-refractivity contribution in [1.82, 2.24) is 5.32 Å². The maximum Gasteiger partial charge on any atom is 0.333 e. The summed E-state index contributed by atoms with van der Waals surface area (Å²) in [4.78, 5) is 22.6. The molecule has 2 atom stereocenters. The second-order valence-corrected chi connectivity index (χ2v) is 5.11. The molecule has 0 saturated carbocycles. The first kappa shape index (κ1) is 14.4. The van der Waals surface area contributed by atoms with Crippen LogP contribution in [0.1, 0.15) is 20.8 Å². The summed E-state index contributed by atoms with van der Waals surface area (Å²) in [5.74, 6) is -1.82. The molecule has 0 aromatic rings. The molecule has 1 aliphatic rings. The molecule has 0 spiro atoms. The van der Waals surface area contributed by atoms with E-state index < -0.39 is 23.4 Å². The lowest BCUT2D eigenvalue weighted by atomic mass is 9.75. The molecule has 0 radical (unpaired) electrons. The maximum absolute atomic E-state index is 11.4. The molecule has 0 amide bonds. The van der Waals surface area contributed by atoms with Crippen LogP contribution in [0.25, 0.3) is 0 Å². The maximum atomic E-state index is 11.4. The van der Waals surface area contributed by atoms with Crippen molar-refractivity contribution in [2.24, 2.45) is 11.3 Å². The van der Waals surface area contributed by atoms with E-state index in [0.29, 0.717) is 12.5 Å². The van der Waals surface area contributed by atoms with Crippen LogP contribution in [0.4, 0.5) is 0 Å². The number of allylic oxidation sites excluding steroid dienone is 2. The molecule has 3 N–H and O–H groups in total. The van der Waals surface area contributed by atoms with Gasteiger partial charge in [0, 0.05) is 0 Å². The van der Waals surface area contributed by atoms with E-state index in [1.807, 2.05) is 13.8 Å². The van der Waals surface area contributed by atoms with Gasteiger partial charge in [-0.2, -0.15) is 0 Å². The molecule has 0 bridgehead atoms. The van der Waals surface area contributed by atoms with E-state index in [0.717, 1.165) is 0 Å². The highest BCUT2D eigenvalue weighted by Gasteiger charge is 2.44. The molecule has 0 aliphatic heterocycles. The molecule has 1 aliphatic carbocycles. The molecule has 0 aromatic heterocycles. The molecule has 100 valence electrons. The van der Waals surface area contributed by atoms with Crippen LogP contribution in [0.15, 0.2) is 23.8 Å². The van der Waals surface area contributed by atoms with Crippen LogP contribution in [-0.4, -0.2) is 34.7 Å². The van der Waals surface area contributed by atoms with Crippen molar-refractivity contribution in [3.63, 3.8) is 0 Å². The van der Waals surface area contributed by atoms with Gasteiger partial charge in [0.25, 0.3) is 0 Å². The van der Waals surface area contributed by atoms with E-state index in [1.54, 1.807) is 0 Å². The fourth-order valence-corrected chi connectivity index (χ4v) is 1.93. The molecule has 5 nitrogen and oxygen atoms in total. The molecule has 5 heteroatoms. The van der Waals surface area contributed by atoms with E-state index in [2.05, 4.69) is 5.32 Å². The Morgan fingerprint density at radius 1 is 1.44 bits per heavy atom. The Balaban J connectivity index is 3.06. The van der Waals surface area contributed by atoms with Crippen molar-refractivity contribution < 1.29 is 19.8 Å². The Bertz CT molecular complexity index is 411. The Morgan fingerprint density at radius 3 is 2.50 bits per heavy atom. The highest BCUT2D eigenvalue weighted by Crippen LogP contribution is 2.32. The average molecular weight is 253 g/mol. The van der Waals surface area contributed by atoms with Gasteiger partial charge in [-0.05, 0) is 19.4 Å². The second-order valence-electron chi connectivity index (χ2n) is 5.11. The lowest BCUT2D eigenvalue weighted by Crippen LogP contribution is -2.51. The average Bonchev–Trinajstić information content (AvgIpc) is 2.26. The van der Waals surface area contributed by atoms with Gasteiger partial charge in [0.05, 0.1) is 11.6 Å². The van der Waals surface area contributed by atoms with Gasteiger partial charge in [0.15, 0.2) is 0 Å². The Morgan fingerprint density at radius 2 is 2.06 bits per heavy atom. The molecule has 18 heavy (non-hydrogen) atoms. The first-order valence-corrected chi connectivity index (χ1v) is 5.88. The first-order chi connectivity index (χ1) is 8.29. The highest BCUT2D eigenvalue weighted by molar-refractivity contribution is 5.92. The van der Waals surface area contributed by atoms with E-state index in [4.69, 9.17) is 5.11 Å². The number of aliphatic carboxylic acids is 2. The van der Waals surface area contributed by atoms with E-state index >= 15 is 0 Å². The van der Waals surface area contributed by atoms with Crippen LogP contribution >= 0.6 is 0 Å².